The van der Waals surface area contributed by atoms with Gasteiger partial charge in [-0.2, -0.15) is 0 Å². The standard InChI is InChI=1S/C15H18ClN3O2.HI/c1-9-6-11(10(2)21-9)8-18-15(17)19-12-4-5-14(20-3)13(16)7-12;/h4-7H,8H2,1-3H3,(H3,17,18,19);1H. The quantitative estimate of drug-likeness (QED) is 0.431. The molecule has 2 rings (SSSR count). The van der Waals surface area contributed by atoms with E-state index >= 15 is 0 Å². The number of benzene rings is 1. The van der Waals surface area contributed by atoms with Gasteiger partial charge in [-0.1, -0.05) is 11.6 Å². The molecule has 5 nitrogen and oxygen atoms in total. The molecule has 0 aliphatic carbocycles. The first-order valence-electron chi connectivity index (χ1n) is 6.46. The molecule has 7 heteroatoms. The van der Waals surface area contributed by atoms with Crippen LogP contribution in [0.25, 0.3) is 0 Å². The number of hydrogen-bond donors (Lipinski definition) is 2. The second-order valence-corrected chi connectivity index (χ2v) is 5.02. The van der Waals surface area contributed by atoms with Gasteiger partial charge in [-0.05, 0) is 38.1 Å². The fraction of sp³-hybridized carbons (Fsp3) is 0.267. The van der Waals surface area contributed by atoms with Crippen molar-refractivity contribution in [1.29, 1.82) is 0 Å². The largest absolute Gasteiger partial charge is 0.495 e. The summed E-state index contributed by atoms with van der Waals surface area (Å²) in [5, 5.41) is 3.50. The summed E-state index contributed by atoms with van der Waals surface area (Å²) in [5.41, 5.74) is 7.64. The highest BCUT2D eigenvalue weighted by molar-refractivity contribution is 14.0. The number of aliphatic imine (C=N–C) groups is 1. The summed E-state index contributed by atoms with van der Waals surface area (Å²) in [6, 6.07) is 7.27. The van der Waals surface area contributed by atoms with E-state index in [9.17, 15) is 0 Å². The van der Waals surface area contributed by atoms with Gasteiger partial charge in [-0.25, -0.2) is 4.99 Å². The first-order valence-corrected chi connectivity index (χ1v) is 6.84. The van der Waals surface area contributed by atoms with Gasteiger partial charge in [0.05, 0.1) is 18.7 Å². The van der Waals surface area contributed by atoms with Crippen LogP contribution >= 0.6 is 35.6 Å². The molecule has 0 aliphatic rings. The van der Waals surface area contributed by atoms with E-state index in [4.69, 9.17) is 26.5 Å². The van der Waals surface area contributed by atoms with E-state index in [1.165, 1.54) is 0 Å². The summed E-state index contributed by atoms with van der Waals surface area (Å²) in [4.78, 5) is 4.29. The second kappa shape index (κ2) is 8.28. The van der Waals surface area contributed by atoms with E-state index in [0.717, 1.165) is 22.8 Å². The second-order valence-electron chi connectivity index (χ2n) is 4.61. The van der Waals surface area contributed by atoms with Crippen LogP contribution in [-0.2, 0) is 6.54 Å². The van der Waals surface area contributed by atoms with Gasteiger partial charge in [0.15, 0.2) is 5.96 Å². The van der Waals surface area contributed by atoms with E-state index in [-0.39, 0.29) is 24.0 Å². The van der Waals surface area contributed by atoms with Gasteiger partial charge in [-0.3, -0.25) is 0 Å². The molecule has 0 unspecified atom stereocenters. The number of nitrogens with zero attached hydrogens (tertiary/aromatic N) is 1. The summed E-state index contributed by atoms with van der Waals surface area (Å²) in [6.45, 7) is 4.28. The Labute approximate surface area is 151 Å². The van der Waals surface area contributed by atoms with Crippen LogP contribution < -0.4 is 15.8 Å². The zero-order valence-corrected chi connectivity index (χ0v) is 15.7. The third-order valence-corrected chi connectivity index (χ3v) is 3.28. The average molecular weight is 436 g/mol. The summed E-state index contributed by atoms with van der Waals surface area (Å²) in [5.74, 6) is 2.65. The van der Waals surface area contributed by atoms with Gasteiger partial charge in [0.2, 0.25) is 0 Å². The van der Waals surface area contributed by atoms with Gasteiger partial charge in [0.25, 0.3) is 0 Å². The van der Waals surface area contributed by atoms with Crippen molar-refractivity contribution in [2.75, 3.05) is 12.4 Å². The predicted molar refractivity (Wildman–Crippen MR) is 101 cm³/mol. The molecule has 0 saturated carbocycles. The Balaban J connectivity index is 0.00000242. The van der Waals surface area contributed by atoms with E-state index in [1.807, 2.05) is 26.0 Å². The number of methoxy groups -OCH3 is 1. The molecule has 0 radical (unpaired) electrons. The number of hydrogen-bond acceptors (Lipinski definition) is 3. The van der Waals surface area contributed by atoms with Crippen molar-refractivity contribution < 1.29 is 9.15 Å². The van der Waals surface area contributed by atoms with Crippen LogP contribution in [0, 0.1) is 13.8 Å². The zero-order valence-electron chi connectivity index (χ0n) is 12.6. The van der Waals surface area contributed by atoms with Gasteiger partial charge in [0, 0.05) is 11.3 Å². The molecule has 0 amide bonds. The van der Waals surface area contributed by atoms with Crippen molar-refractivity contribution >= 4 is 47.2 Å². The van der Waals surface area contributed by atoms with Gasteiger partial charge in [0.1, 0.15) is 17.3 Å². The molecule has 1 aromatic carbocycles. The smallest absolute Gasteiger partial charge is 0.193 e. The number of aryl methyl sites for hydroxylation is 2. The first-order chi connectivity index (χ1) is 9.99. The Morgan fingerprint density at radius 3 is 2.64 bits per heavy atom. The zero-order chi connectivity index (χ0) is 15.4. The minimum absolute atomic E-state index is 0. The lowest BCUT2D eigenvalue weighted by Crippen LogP contribution is -2.22. The van der Waals surface area contributed by atoms with Crippen molar-refractivity contribution in [3.63, 3.8) is 0 Å². The fourth-order valence-corrected chi connectivity index (χ4v) is 2.20. The highest BCUT2D eigenvalue weighted by atomic mass is 127. The Hall–Kier alpha value is -1.41. The van der Waals surface area contributed by atoms with Crippen LogP contribution in [-0.4, -0.2) is 13.1 Å². The Bertz CT molecular complexity index is 671. The van der Waals surface area contributed by atoms with Crippen molar-refractivity contribution in [3.8, 4) is 5.75 Å². The molecule has 0 aliphatic heterocycles. The summed E-state index contributed by atoms with van der Waals surface area (Å²) < 4.78 is 10.5. The van der Waals surface area contributed by atoms with Gasteiger partial charge in [-0.15, -0.1) is 24.0 Å². The number of ether oxygens (including phenoxy) is 1. The molecular weight excluding hydrogens is 417 g/mol. The highest BCUT2D eigenvalue weighted by Gasteiger charge is 2.05. The molecule has 0 atom stereocenters. The van der Waals surface area contributed by atoms with Crippen molar-refractivity contribution in [2.45, 2.75) is 20.4 Å². The summed E-state index contributed by atoms with van der Waals surface area (Å²) in [7, 11) is 1.57. The molecule has 120 valence electrons. The monoisotopic (exact) mass is 435 g/mol. The summed E-state index contributed by atoms with van der Waals surface area (Å²) >= 11 is 6.05. The first kappa shape index (κ1) is 18.6. The highest BCUT2D eigenvalue weighted by Crippen LogP contribution is 2.27. The van der Waals surface area contributed by atoms with Crippen LogP contribution in [0.1, 0.15) is 17.1 Å². The predicted octanol–water partition coefficient (Wildman–Crippen LogP) is 4.10. The third kappa shape index (κ3) is 4.81. The van der Waals surface area contributed by atoms with Crippen molar-refractivity contribution in [3.05, 3.63) is 46.4 Å². The van der Waals surface area contributed by atoms with E-state index in [1.54, 1.807) is 19.2 Å². The SMILES string of the molecule is COc1ccc(NC(N)=NCc2cc(C)oc2C)cc1Cl.I. The number of halogens is 2. The van der Waals surface area contributed by atoms with E-state index in [0.29, 0.717) is 23.3 Å². The Morgan fingerprint density at radius 2 is 2.09 bits per heavy atom. The van der Waals surface area contributed by atoms with Crippen LogP contribution in [0.3, 0.4) is 0 Å². The number of guanidine groups is 1. The Morgan fingerprint density at radius 1 is 1.36 bits per heavy atom. The lowest BCUT2D eigenvalue weighted by atomic mass is 10.2. The number of rotatable bonds is 4. The molecule has 0 fully saturated rings. The molecular formula is C15H19ClIN3O2. The molecule has 0 bridgehead atoms. The molecule has 1 aromatic heterocycles. The fourth-order valence-electron chi connectivity index (χ4n) is 1.94. The van der Waals surface area contributed by atoms with Gasteiger partial charge >= 0.3 is 0 Å². The van der Waals surface area contributed by atoms with E-state index < -0.39 is 0 Å². The van der Waals surface area contributed by atoms with Crippen molar-refractivity contribution in [2.24, 2.45) is 10.7 Å². The van der Waals surface area contributed by atoms with Crippen LogP contribution in [0.4, 0.5) is 5.69 Å². The van der Waals surface area contributed by atoms with Gasteiger partial charge < -0.3 is 20.2 Å². The van der Waals surface area contributed by atoms with E-state index in [2.05, 4.69) is 10.3 Å². The topological polar surface area (TPSA) is 72.8 Å². The minimum Gasteiger partial charge on any atom is -0.495 e. The lowest BCUT2D eigenvalue weighted by Gasteiger charge is -2.08. The average Bonchev–Trinajstić information content (AvgIpc) is 2.75. The number of anilines is 1. The number of nitrogens with one attached hydrogen (secondary N) is 1. The molecule has 2 aromatic rings. The molecule has 3 N–H and O–H groups in total. The minimum atomic E-state index is 0. The molecule has 0 spiro atoms. The number of nitrogens with two attached hydrogens (primary N) is 1. The number of furan rings is 1. The van der Waals surface area contributed by atoms with Crippen LogP contribution in [0.5, 0.6) is 5.75 Å². The molecule has 0 saturated heterocycles. The summed E-state index contributed by atoms with van der Waals surface area (Å²) in [6.07, 6.45) is 0. The third-order valence-electron chi connectivity index (χ3n) is 2.99. The maximum absolute atomic E-state index is 6.05. The Kier molecular flexibility index (Phi) is 7.02. The maximum Gasteiger partial charge on any atom is 0.193 e. The lowest BCUT2D eigenvalue weighted by molar-refractivity contribution is 0.415. The van der Waals surface area contributed by atoms with Crippen molar-refractivity contribution in [1.82, 2.24) is 0 Å². The van der Waals surface area contributed by atoms with Crippen LogP contribution in [0.2, 0.25) is 5.02 Å². The van der Waals surface area contributed by atoms with Crippen LogP contribution in [0.15, 0.2) is 33.7 Å². The maximum atomic E-state index is 6.05. The normalized spacial score (nSPS) is 11.0. The molecule has 22 heavy (non-hydrogen) atoms. The molecule has 1 heterocycles.